The highest BCUT2D eigenvalue weighted by atomic mass is 16.5. The van der Waals surface area contributed by atoms with Crippen LogP contribution in [0.3, 0.4) is 0 Å². The SMILES string of the molecule is COc1ccc(NC(=O)/C(C)=C/c2ccccc2)cn1. The van der Waals surface area contributed by atoms with Crippen LogP contribution in [-0.4, -0.2) is 18.0 Å². The summed E-state index contributed by atoms with van der Waals surface area (Å²) in [4.78, 5) is 16.1. The van der Waals surface area contributed by atoms with Crippen molar-refractivity contribution < 1.29 is 9.53 Å². The van der Waals surface area contributed by atoms with E-state index in [9.17, 15) is 4.79 Å². The Labute approximate surface area is 118 Å². The molecule has 2 rings (SSSR count). The number of methoxy groups -OCH3 is 1. The van der Waals surface area contributed by atoms with Gasteiger partial charge >= 0.3 is 0 Å². The Hall–Kier alpha value is -2.62. The zero-order chi connectivity index (χ0) is 14.4. The minimum atomic E-state index is -0.152. The van der Waals surface area contributed by atoms with Crippen LogP contribution in [0.25, 0.3) is 6.08 Å². The van der Waals surface area contributed by atoms with Crippen LogP contribution < -0.4 is 10.1 Å². The van der Waals surface area contributed by atoms with Gasteiger partial charge in [-0.25, -0.2) is 4.98 Å². The summed E-state index contributed by atoms with van der Waals surface area (Å²) in [5, 5.41) is 2.79. The van der Waals surface area contributed by atoms with Crippen molar-refractivity contribution in [2.24, 2.45) is 0 Å². The van der Waals surface area contributed by atoms with Crippen LogP contribution in [0, 0.1) is 0 Å². The molecule has 0 fully saturated rings. The Bertz CT molecular complexity index is 604. The Morgan fingerprint density at radius 1 is 1.20 bits per heavy atom. The highest BCUT2D eigenvalue weighted by Crippen LogP contribution is 2.13. The van der Waals surface area contributed by atoms with Crippen LogP contribution in [0.2, 0.25) is 0 Å². The highest BCUT2D eigenvalue weighted by molar-refractivity contribution is 6.06. The van der Waals surface area contributed by atoms with E-state index < -0.39 is 0 Å². The first kappa shape index (κ1) is 13.8. The van der Waals surface area contributed by atoms with Gasteiger partial charge in [0.25, 0.3) is 5.91 Å². The molecule has 0 aliphatic rings. The summed E-state index contributed by atoms with van der Waals surface area (Å²) < 4.78 is 4.97. The summed E-state index contributed by atoms with van der Waals surface area (Å²) in [5.74, 6) is 0.361. The fourth-order valence-corrected chi connectivity index (χ4v) is 1.67. The van der Waals surface area contributed by atoms with E-state index >= 15 is 0 Å². The molecule has 0 aliphatic heterocycles. The minimum Gasteiger partial charge on any atom is -0.481 e. The summed E-state index contributed by atoms with van der Waals surface area (Å²) in [7, 11) is 1.55. The molecular weight excluding hydrogens is 252 g/mol. The summed E-state index contributed by atoms with van der Waals surface area (Å²) in [5.41, 5.74) is 2.26. The Morgan fingerprint density at radius 3 is 2.55 bits per heavy atom. The zero-order valence-corrected chi connectivity index (χ0v) is 11.5. The van der Waals surface area contributed by atoms with Crippen molar-refractivity contribution in [1.29, 1.82) is 0 Å². The van der Waals surface area contributed by atoms with E-state index in [1.165, 1.54) is 0 Å². The van der Waals surface area contributed by atoms with E-state index in [1.807, 2.05) is 36.4 Å². The average Bonchev–Trinajstić information content (AvgIpc) is 2.49. The molecular formula is C16H16N2O2. The van der Waals surface area contributed by atoms with Gasteiger partial charge in [0, 0.05) is 11.6 Å². The van der Waals surface area contributed by atoms with Crippen molar-refractivity contribution >= 4 is 17.7 Å². The lowest BCUT2D eigenvalue weighted by atomic mass is 10.1. The van der Waals surface area contributed by atoms with Crippen LogP contribution in [0.4, 0.5) is 5.69 Å². The Morgan fingerprint density at radius 2 is 1.95 bits per heavy atom. The van der Waals surface area contributed by atoms with Gasteiger partial charge in [-0.3, -0.25) is 4.79 Å². The smallest absolute Gasteiger partial charge is 0.251 e. The van der Waals surface area contributed by atoms with Crippen LogP contribution in [0.5, 0.6) is 5.88 Å². The first-order valence-corrected chi connectivity index (χ1v) is 6.24. The van der Waals surface area contributed by atoms with Crippen LogP contribution in [0.15, 0.2) is 54.2 Å². The number of rotatable bonds is 4. The third-order valence-electron chi connectivity index (χ3n) is 2.74. The molecule has 102 valence electrons. The van der Waals surface area contributed by atoms with Gasteiger partial charge in [-0.2, -0.15) is 0 Å². The maximum Gasteiger partial charge on any atom is 0.251 e. The van der Waals surface area contributed by atoms with Gasteiger partial charge in [-0.1, -0.05) is 30.3 Å². The van der Waals surface area contributed by atoms with Crippen molar-refractivity contribution in [3.8, 4) is 5.88 Å². The van der Waals surface area contributed by atoms with Crippen LogP contribution in [-0.2, 0) is 4.79 Å². The summed E-state index contributed by atoms with van der Waals surface area (Å²) in [6.45, 7) is 1.78. The molecule has 1 aromatic heterocycles. The lowest BCUT2D eigenvalue weighted by Gasteiger charge is -2.06. The van der Waals surface area contributed by atoms with Crippen molar-refractivity contribution in [3.05, 3.63) is 59.8 Å². The number of carbonyl (C=O) groups excluding carboxylic acids is 1. The van der Waals surface area contributed by atoms with E-state index in [0.717, 1.165) is 5.56 Å². The topological polar surface area (TPSA) is 51.2 Å². The number of ether oxygens (including phenoxy) is 1. The third-order valence-corrected chi connectivity index (χ3v) is 2.74. The molecule has 0 saturated carbocycles. The van der Waals surface area contributed by atoms with Gasteiger partial charge < -0.3 is 10.1 Å². The van der Waals surface area contributed by atoms with Crippen molar-refractivity contribution in [3.63, 3.8) is 0 Å². The number of carbonyl (C=O) groups is 1. The molecule has 1 aromatic carbocycles. The predicted molar refractivity (Wildman–Crippen MR) is 79.5 cm³/mol. The molecule has 0 saturated heterocycles. The van der Waals surface area contributed by atoms with E-state index in [0.29, 0.717) is 17.1 Å². The number of nitrogens with one attached hydrogen (secondary N) is 1. The lowest BCUT2D eigenvalue weighted by Crippen LogP contribution is -2.12. The number of hydrogen-bond acceptors (Lipinski definition) is 3. The molecule has 2 aromatic rings. The number of nitrogens with zero attached hydrogens (tertiary/aromatic N) is 1. The summed E-state index contributed by atoms with van der Waals surface area (Å²) in [6, 6.07) is 13.2. The van der Waals surface area contributed by atoms with Crippen molar-refractivity contribution in [2.45, 2.75) is 6.92 Å². The maximum absolute atomic E-state index is 12.0. The molecule has 0 bridgehead atoms. The maximum atomic E-state index is 12.0. The molecule has 0 radical (unpaired) electrons. The highest BCUT2D eigenvalue weighted by Gasteiger charge is 2.05. The minimum absolute atomic E-state index is 0.152. The second-order valence-corrected chi connectivity index (χ2v) is 4.28. The third kappa shape index (κ3) is 3.68. The fourth-order valence-electron chi connectivity index (χ4n) is 1.67. The number of benzene rings is 1. The Kier molecular flexibility index (Phi) is 4.50. The fraction of sp³-hybridized carbons (Fsp3) is 0.125. The number of hydrogen-bond donors (Lipinski definition) is 1. The standard InChI is InChI=1S/C16H16N2O2/c1-12(10-13-6-4-3-5-7-13)16(19)18-14-8-9-15(20-2)17-11-14/h3-11H,1-2H3,(H,18,19)/b12-10+. The quantitative estimate of drug-likeness (QED) is 0.867. The second kappa shape index (κ2) is 6.52. The van der Waals surface area contributed by atoms with Gasteiger partial charge in [0.1, 0.15) is 0 Å². The van der Waals surface area contributed by atoms with E-state index in [4.69, 9.17) is 4.74 Å². The summed E-state index contributed by atoms with van der Waals surface area (Å²) >= 11 is 0. The largest absolute Gasteiger partial charge is 0.481 e. The molecule has 1 N–H and O–H groups in total. The van der Waals surface area contributed by atoms with Crippen molar-refractivity contribution in [1.82, 2.24) is 4.98 Å². The van der Waals surface area contributed by atoms with E-state index in [2.05, 4.69) is 10.3 Å². The number of pyridine rings is 1. The molecule has 4 heteroatoms. The van der Waals surface area contributed by atoms with Crippen LogP contribution >= 0.6 is 0 Å². The monoisotopic (exact) mass is 268 g/mol. The van der Waals surface area contributed by atoms with Crippen molar-refractivity contribution in [2.75, 3.05) is 12.4 Å². The van der Waals surface area contributed by atoms with Gasteiger partial charge in [-0.15, -0.1) is 0 Å². The van der Waals surface area contributed by atoms with E-state index in [1.54, 1.807) is 32.4 Å². The molecule has 0 unspecified atom stereocenters. The van der Waals surface area contributed by atoms with Gasteiger partial charge in [-0.05, 0) is 24.6 Å². The predicted octanol–water partition coefficient (Wildman–Crippen LogP) is 3.13. The van der Waals surface area contributed by atoms with Gasteiger partial charge in [0.05, 0.1) is 19.0 Å². The number of amides is 1. The zero-order valence-electron chi connectivity index (χ0n) is 11.5. The molecule has 20 heavy (non-hydrogen) atoms. The first-order valence-electron chi connectivity index (χ1n) is 6.24. The molecule has 0 atom stereocenters. The molecule has 4 nitrogen and oxygen atoms in total. The lowest BCUT2D eigenvalue weighted by molar-refractivity contribution is -0.112. The van der Waals surface area contributed by atoms with Gasteiger partial charge in [0.15, 0.2) is 0 Å². The molecule has 0 spiro atoms. The molecule has 0 aliphatic carbocycles. The second-order valence-electron chi connectivity index (χ2n) is 4.28. The summed E-state index contributed by atoms with van der Waals surface area (Å²) in [6.07, 6.45) is 3.40. The Balaban J connectivity index is 2.05. The molecule has 1 heterocycles. The first-order chi connectivity index (χ1) is 9.69. The molecule has 1 amide bonds. The number of anilines is 1. The van der Waals surface area contributed by atoms with Crippen LogP contribution in [0.1, 0.15) is 12.5 Å². The van der Waals surface area contributed by atoms with E-state index in [-0.39, 0.29) is 5.91 Å². The van der Waals surface area contributed by atoms with Gasteiger partial charge in [0.2, 0.25) is 5.88 Å². The number of aromatic nitrogens is 1. The normalized spacial score (nSPS) is 11.0. The average molecular weight is 268 g/mol.